The zero-order valence-electron chi connectivity index (χ0n) is 12.7. The Kier molecular flexibility index (Phi) is 4.62. The summed E-state index contributed by atoms with van der Waals surface area (Å²) in [6, 6.07) is 7.54. The first kappa shape index (κ1) is 15.1. The van der Waals surface area contributed by atoms with Crippen LogP contribution in [0.5, 0.6) is 0 Å². The fourth-order valence-corrected chi connectivity index (χ4v) is 2.27. The molecular formula is C16H22N4O. The van der Waals surface area contributed by atoms with E-state index in [-0.39, 0.29) is 11.6 Å². The van der Waals surface area contributed by atoms with Gasteiger partial charge in [-0.1, -0.05) is 32.0 Å². The maximum atomic E-state index is 12.4. The Morgan fingerprint density at radius 3 is 2.67 bits per heavy atom. The summed E-state index contributed by atoms with van der Waals surface area (Å²) in [6.07, 6.45) is 3.36. The number of rotatable bonds is 5. The number of aromatic nitrogens is 2. The smallest absolute Gasteiger partial charge is 0.293 e. The lowest BCUT2D eigenvalue weighted by atomic mass is 10.1. The Balaban J connectivity index is 2.24. The molecule has 1 heterocycles. The van der Waals surface area contributed by atoms with Crippen molar-refractivity contribution in [1.29, 1.82) is 0 Å². The number of para-hydroxylation sites is 1. The lowest BCUT2D eigenvalue weighted by molar-refractivity contribution is 0.509. The normalized spacial score (nSPS) is 12.4. The van der Waals surface area contributed by atoms with Crippen molar-refractivity contribution in [2.24, 2.45) is 5.92 Å². The van der Waals surface area contributed by atoms with Crippen LogP contribution in [0.4, 0.5) is 11.5 Å². The number of nitrogens with one attached hydrogen (secondary N) is 1. The fourth-order valence-electron chi connectivity index (χ4n) is 2.27. The molecular weight excluding hydrogens is 264 g/mol. The first-order valence-corrected chi connectivity index (χ1v) is 7.15. The highest BCUT2D eigenvalue weighted by molar-refractivity contribution is 5.50. The average molecular weight is 286 g/mol. The van der Waals surface area contributed by atoms with Crippen molar-refractivity contribution in [2.45, 2.75) is 33.4 Å². The van der Waals surface area contributed by atoms with Gasteiger partial charge >= 0.3 is 0 Å². The molecule has 5 nitrogen and oxygen atoms in total. The largest absolute Gasteiger partial charge is 0.398 e. The van der Waals surface area contributed by atoms with Crippen molar-refractivity contribution >= 4 is 11.5 Å². The van der Waals surface area contributed by atoms with Gasteiger partial charge in [-0.15, -0.1) is 0 Å². The summed E-state index contributed by atoms with van der Waals surface area (Å²) < 4.78 is 1.68. The van der Waals surface area contributed by atoms with E-state index in [1.807, 2.05) is 31.2 Å². The van der Waals surface area contributed by atoms with E-state index in [0.29, 0.717) is 24.0 Å². The van der Waals surface area contributed by atoms with Crippen LogP contribution in [0.2, 0.25) is 0 Å². The predicted octanol–water partition coefficient (Wildman–Crippen LogP) is 2.65. The second kappa shape index (κ2) is 6.43. The molecule has 1 unspecified atom stereocenters. The zero-order chi connectivity index (χ0) is 15.4. The van der Waals surface area contributed by atoms with Gasteiger partial charge in [-0.05, 0) is 24.5 Å². The molecule has 112 valence electrons. The Labute approximate surface area is 124 Å². The molecule has 0 fully saturated rings. The molecule has 0 saturated carbocycles. The maximum Gasteiger partial charge on any atom is 0.293 e. The van der Waals surface area contributed by atoms with E-state index in [1.165, 1.54) is 0 Å². The third-order valence-corrected chi connectivity index (χ3v) is 3.29. The number of nitrogens with two attached hydrogens (primary N) is 1. The molecule has 0 aliphatic carbocycles. The lowest BCUT2D eigenvalue weighted by Gasteiger charge is -2.17. The van der Waals surface area contributed by atoms with Crippen molar-refractivity contribution in [3.63, 3.8) is 0 Å². The minimum atomic E-state index is -0.104. The highest BCUT2D eigenvalue weighted by Gasteiger charge is 2.12. The van der Waals surface area contributed by atoms with Crippen molar-refractivity contribution in [3.05, 3.63) is 52.6 Å². The Morgan fingerprint density at radius 1 is 1.29 bits per heavy atom. The quantitative estimate of drug-likeness (QED) is 0.829. The standard InChI is InChI=1S/C16H22N4O/c1-11(2)10-20-9-8-18-15(16(20)21)19-12(3)13-6-4-5-7-14(13)17/h4-9,11-12H,10,17H2,1-3H3,(H,18,19). The second-order valence-corrected chi connectivity index (χ2v) is 5.62. The second-order valence-electron chi connectivity index (χ2n) is 5.62. The van der Waals surface area contributed by atoms with Crippen molar-refractivity contribution < 1.29 is 0 Å². The summed E-state index contributed by atoms with van der Waals surface area (Å²) >= 11 is 0. The highest BCUT2D eigenvalue weighted by atomic mass is 16.1. The van der Waals surface area contributed by atoms with Crippen LogP contribution in [0, 0.1) is 5.92 Å². The van der Waals surface area contributed by atoms with Crippen molar-refractivity contribution in [1.82, 2.24) is 9.55 Å². The third kappa shape index (κ3) is 3.62. The van der Waals surface area contributed by atoms with Crippen LogP contribution in [0.15, 0.2) is 41.5 Å². The molecule has 0 spiro atoms. The molecule has 1 aromatic heterocycles. The van der Waals surface area contributed by atoms with Crippen LogP contribution in [0.1, 0.15) is 32.4 Å². The molecule has 0 saturated heterocycles. The zero-order valence-corrected chi connectivity index (χ0v) is 12.7. The van der Waals surface area contributed by atoms with Gasteiger partial charge in [-0.2, -0.15) is 0 Å². The Bertz CT molecular complexity index is 663. The Hall–Kier alpha value is -2.30. The minimum absolute atomic E-state index is 0.0821. The SMILES string of the molecule is CC(C)Cn1ccnc(NC(C)c2ccccc2N)c1=O. The first-order valence-electron chi connectivity index (χ1n) is 7.15. The van der Waals surface area contributed by atoms with Gasteiger partial charge in [0.05, 0.1) is 6.04 Å². The maximum absolute atomic E-state index is 12.4. The molecule has 21 heavy (non-hydrogen) atoms. The van der Waals surface area contributed by atoms with E-state index in [9.17, 15) is 4.79 Å². The predicted molar refractivity (Wildman–Crippen MR) is 86.2 cm³/mol. The van der Waals surface area contributed by atoms with Crippen LogP contribution in [0.25, 0.3) is 0 Å². The molecule has 5 heteroatoms. The van der Waals surface area contributed by atoms with Crippen LogP contribution < -0.4 is 16.6 Å². The van der Waals surface area contributed by atoms with Crippen LogP contribution in [-0.4, -0.2) is 9.55 Å². The number of benzene rings is 1. The molecule has 0 aliphatic heterocycles. The van der Waals surface area contributed by atoms with E-state index in [2.05, 4.69) is 24.1 Å². The highest BCUT2D eigenvalue weighted by Crippen LogP contribution is 2.21. The van der Waals surface area contributed by atoms with E-state index >= 15 is 0 Å². The van der Waals surface area contributed by atoms with Gasteiger partial charge < -0.3 is 15.6 Å². The first-order chi connectivity index (χ1) is 9.99. The van der Waals surface area contributed by atoms with Crippen LogP contribution in [0.3, 0.4) is 0 Å². The molecule has 2 rings (SSSR count). The van der Waals surface area contributed by atoms with Crippen LogP contribution >= 0.6 is 0 Å². The molecule has 0 amide bonds. The number of nitrogens with zero attached hydrogens (tertiary/aromatic N) is 2. The summed E-state index contributed by atoms with van der Waals surface area (Å²) in [5.74, 6) is 0.758. The number of hydrogen-bond donors (Lipinski definition) is 2. The summed E-state index contributed by atoms with van der Waals surface area (Å²) in [6.45, 7) is 6.80. The molecule has 0 bridgehead atoms. The summed E-state index contributed by atoms with van der Waals surface area (Å²) in [5.41, 5.74) is 7.52. The van der Waals surface area contributed by atoms with Gasteiger partial charge in [0, 0.05) is 24.6 Å². The molecule has 2 aromatic rings. The van der Waals surface area contributed by atoms with Gasteiger partial charge in [-0.25, -0.2) is 4.98 Å². The topological polar surface area (TPSA) is 72.9 Å². The molecule has 0 aliphatic rings. The van der Waals surface area contributed by atoms with Gasteiger partial charge in [-0.3, -0.25) is 4.79 Å². The average Bonchev–Trinajstić information content (AvgIpc) is 2.43. The number of nitrogen functional groups attached to an aromatic ring is 1. The van der Waals surface area contributed by atoms with Gasteiger partial charge in [0.1, 0.15) is 0 Å². The third-order valence-electron chi connectivity index (χ3n) is 3.29. The summed E-state index contributed by atoms with van der Waals surface area (Å²) in [7, 11) is 0. The summed E-state index contributed by atoms with van der Waals surface area (Å²) in [4.78, 5) is 16.5. The number of hydrogen-bond acceptors (Lipinski definition) is 4. The van der Waals surface area contributed by atoms with E-state index in [0.717, 1.165) is 5.56 Å². The fraction of sp³-hybridized carbons (Fsp3) is 0.375. The Morgan fingerprint density at radius 2 is 2.00 bits per heavy atom. The lowest BCUT2D eigenvalue weighted by Crippen LogP contribution is -2.27. The van der Waals surface area contributed by atoms with E-state index < -0.39 is 0 Å². The van der Waals surface area contributed by atoms with Gasteiger partial charge in [0.2, 0.25) is 0 Å². The van der Waals surface area contributed by atoms with Crippen molar-refractivity contribution in [3.8, 4) is 0 Å². The molecule has 0 radical (unpaired) electrons. The van der Waals surface area contributed by atoms with Gasteiger partial charge in [0.25, 0.3) is 5.56 Å². The molecule has 3 N–H and O–H groups in total. The summed E-state index contributed by atoms with van der Waals surface area (Å²) in [5, 5.41) is 3.16. The van der Waals surface area contributed by atoms with Crippen molar-refractivity contribution in [2.75, 3.05) is 11.1 Å². The molecule has 1 atom stereocenters. The minimum Gasteiger partial charge on any atom is -0.398 e. The molecule has 1 aromatic carbocycles. The number of anilines is 2. The van der Waals surface area contributed by atoms with Gasteiger partial charge in [0.15, 0.2) is 5.82 Å². The van der Waals surface area contributed by atoms with E-state index in [4.69, 9.17) is 5.73 Å². The van der Waals surface area contributed by atoms with Crippen LogP contribution in [-0.2, 0) is 6.54 Å². The van der Waals surface area contributed by atoms with E-state index in [1.54, 1.807) is 17.0 Å². The monoisotopic (exact) mass is 286 g/mol.